The van der Waals surface area contributed by atoms with Gasteiger partial charge in [0.05, 0.1) is 6.54 Å². The molecule has 2 rings (SSSR count). The van der Waals surface area contributed by atoms with Gasteiger partial charge in [-0.15, -0.1) is 0 Å². The quantitative estimate of drug-likeness (QED) is 0.724. The first-order chi connectivity index (χ1) is 9.28. The molecule has 5 nitrogen and oxygen atoms in total. The van der Waals surface area contributed by atoms with Crippen LogP contribution in [0.5, 0.6) is 0 Å². The van der Waals surface area contributed by atoms with E-state index >= 15 is 0 Å². The van der Waals surface area contributed by atoms with Gasteiger partial charge in [0.25, 0.3) is 0 Å². The molecule has 2 saturated heterocycles. The molecule has 5 heteroatoms. The highest BCUT2D eigenvalue weighted by Crippen LogP contribution is 2.14. The minimum atomic E-state index is 0.122. The van der Waals surface area contributed by atoms with E-state index in [1.165, 1.54) is 19.5 Å². The molecule has 1 amide bonds. The monoisotopic (exact) mass is 269 g/mol. The largest absolute Gasteiger partial charge is 0.381 e. The first kappa shape index (κ1) is 14.8. The van der Waals surface area contributed by atoms with E-state index in [9.17, 15) is 4.79 Å². The molecule has 0 spiro atoms. The smallest absolute Gasteiger partial charge is 0.234 e. The van der Waals surface area contributed by atoms with Crippen LogP contribution >= 0.6 is 0 Å². The molecule has 0 radical (unpaired) electrons. The van der Waals surface area contributed by atoms with E-state index in [-0.39, 0.29) is 5.91 Å². The lowest BCUT2D eigenvalue weighted by atomic mass is 10.1. The van der Waals surface area contributed by atoms with E-state index in [2.05, 4.69) is 22.5 Å². The highest BCUT2D eigenvalue weighted by atomic mass is 16.5. The number of ether oxygens (including phenoxy) is 1. The number of rotatable bonds is 6. The summed E-state index contributed by atoms with van der Waals surface area (Å²) in [4.78, 5) is 14.2. The van der Waals surface area contributed by atoms with Gasteiger partial charge in [0.15, 0.2) is 0 Å². The van der Waals surface area contributed by atoms with Crippen molar-refractivity contribution < 1.29 is 9.53 Å². The number of amides is 1. The van der Waals surface area contributed by atoms with Crippen LogP contribution in [0, 0.1) is 5.92 Å². The zero-order valence-electron chi connectivity index (χ0n) is 12.0. The molecular weight excluding hydrogens is 242 g/mol. The molecule has 110 valence electrons. The van der Waals surface area contributed by atoms with Crippen LogP contribution in [0.1, 0.15) is 26.2 Å². The van der Waals surface area contributed by atoms with E-state index in [1.807, 2.05) is 0 Å². The van der Waals surface area contributed by atoms with Gasteiger partial charge in [0.1, 0.15) is 0 Å². The van der Waals surface area contributed by atoms with Crippen molar-refractivity contribution in [3.63, 3.8) is 0 Å². The molecule has 0 aromatic rings. The summed E-state index contributed by atoms with van der Waals surface area (Å²) in [5.41, 5.74) is 0. The Kier molecular flexibility index (Phi) is 6.07. The lowest BCUT2D eigenvalue weighted by Gasteiger charge is -2.23. The zero-order valence-corrected chi connectivity index (χ0v) is 12.0. The number of nitrogens with zero attached hydrogens (tertiary/aromatic N) is 1. The third-order valence-corrected chi connectivity index (χ3v) is 4.12. The van der Waals surface area contributed by atoms with Crippen molar-refractivity contribution >= 4 is 5.91 Å². The van der Waals surface area contributed by atoms with Crippen molar-refractivity contribution in [2.24, 2.45) is 5.92 Å². The summed E-state index contributed by atoms with van der Waals surface area (Å²) >= 11 is 0. The summed E-state index contributed by atoms with van der Waals surface area (Å²) in [6.45, 7) is 8.67. The zero-order chi connectivity index (χ0) is 13.5. The van der Waals surface area contributed by atoms with Crippen molar-refractivity contribution in [1.29, 1.82) is 0 Å². The SMILES string of the molecule is CCN1CCC(CNCC(=O)NC2CCOCC2)C1. The Morgan fingerprint density at radius 2 is 2.11 bits per heavy atom. The van der Waals surface area contributed by atoms with E-state index in [0.717, 1.165) is 39.1 Å². The van der Waals surface area contributed by atoms with Crippen LogP contribution in [0.25, 0.3) is 0 Å². The molecule has 0 aromatic heterocycles. The normalized spacial score (nSPS) is 25.6. The highest BCUT2D eigenvalue weighted by Gasteiger charge is 2.21. The van der Waals surface area contributed by atoms with Crippen LogP contribution in [0.3, 0.4) is 0 Å². The Bertz CT molecular complexity index is 280. The van der Waals surface area contributed by atoms with E-state index < -0.39 is 0 Å². The number of nitrogens with one attached hydrogen (secondary N) is 2. The summed E-state index contributed by atoms with van der Waals surface area (Å²) in [6, 6.07) is 0.310. The Morgan fingerprint density at radius 3 is 2.79 bits per heavy atom. The van der Waals surface area contributed by atoms with Crippen LogP contribution in [0.4, 0.5) is 0 Å². The average Bonchev–Trinajstić information content (AvgIpc) is 2.88. The lowest BCUT2D eigenvalue weighted by Crippen LogP contribution is -2.43. The number of carbonyl (C=O) groups is 1. The highest BCUT2D eigenvalue weighted by molar-refractivity contribution is 5.78. The summed E-state index contributed by atoms with van der Waals surface area (Å²) in [7, 11) is 0. The second-order valence-electron chi connectivity index (χ2n) is 5.63. The standard InChI is InChI=1S/C14H27N3O2/c1-2-17-6-3-12(11-17)9-15-10-14(18)16-13-4-7-19-8-5-13/h12-13,15H,2-11H2,1H3,(H,16,18). The van der Waals surface area contributed by atoms with Gasteiger partial charge < -0.3 is 20.3 Å². The van der Waals surface area contributed by atoms with Gasteiger partial charge in [-0.05, 0) is 44.8 Å². The van der Waals surface area contributed by atoms with Gasteiger partial charge >= 0.3 is 0 Å². The van der Waals surface area contributed by atoms with E-state index in [0.29, 0.717) is 18.5 Å². The molecule has 19 heavy (non-hydrogen) atoms. The van der Waals surface area contributed by atoms with Crippen LogP contribution in [-0.2, 0) is 9.53 Å². The van der Waals surface area contributed by atoms with E-state index in [4.69, 9.17) is 4.74 Å². The molecule has 0 aliphatic carbocycles. The van der Waals surface area contributed by atoms with Crippen molar-refractivity contribution in [1.82, 2.24) is 15.5 Å². The maximum atomic E-state index is 11.8. The number of hydrogen-bond donors (Lipinski definition) is 2. The molecule has 2 aliphatic heterocycles. The molecule has 2 fully saturated rings. The Morgan fingerprint density at radius 1 is 1.32 bits per heavy atom. The average molecular weight is 269 g/mol. The van der Waals surface area contributed by atoms with Gasteiger partial charge in [-0.2, -0.15) is 0 Å². The fourth-order valence-electron chi connectivity index (χ4n) is 2.88. The van der Waals surface area contributed by atoms with Crippen molar-refractivity contribution in [3.8, 4) is 0 Å². The predicted octanol–water partition coefficient (Wildman–Crippen LogP) is 0.213. The maximum Gasteiger partial charge on any atom is 0.234 e. The van der Waals surface area contributed by atoms with Crippen LogP contribution in [0.15, 0.2) is 0 Å². The van der Waals surface area contributed by atoms with Gasteiger partial charge in [0.2, 0.25) is 5.91 Å². The minimum Gasteiger partial charge on any atom is -0.381 e. The third kappa shape index (κ3) is 5.09. The third-order valence-electron chi connectivity index (χ3n) is 4.12. The molecule has 2 N–H and O–H groups in total. The Hall–Kier alpha value is -0.650. The topological polar surface area (TPSA) is 53.6 Å². The lowest BCUT2D eigenvalue weighted by molar-refractivity contribution is -0.121. The molecule has 0 saturated carbocycles. The number of likely N-dealkylation sites (tertiary alicyclic amines) is 1. The second kappa shape index (κ2) is 7.82. The van der Waals surface area contributed by atoms with Crippen molar-refractivity contribution in [2.75, 3.05) is 45.9 Å². The first-order valence-electron chi connectivity index (χ1n) is 7.58. The molecular formula is C14H27N3O2. The molecule has 1 atom stereocenters. The van der Waals surface area contributed by atoms with Crippen LogP contribution < -0.4 is 10.6 Å². The van der Waals surface area contributed by atoms with Crippen molar-refractivity contribution in [2.45, 2.75) is 32.2 Å². The molecule has 2 aliphatic rings. The molecule has 0 aromatic carbocycles. The maximum absolute atomic E-state index is 11.8. The summed E-state index contributed by atoms with van der Waals surface area (Å²) in [5.74, 6) is 0.827. The van der Waals surface area contributed by atoms with Crippen molar-refractivity contribution in [3.05, 3.63) is 0 Å². The molecule has 1 unspecified atom stereocenters. The van der Waals surface area contributed by atoms with Gasteiger partial charge in [0, 0.05) is 25.8 Å². The Balaban J connectivity index is 1.54. The minimum absolute atomic E-state index is 0.122. The predicted molar refractivity (Wildman–Crippen MR) is 75.1 cm³/mol. The van der Waals surface area contributed by atoms with Gasteiger partial charge in [-0.1, -0.05) is 6.92 Å². The summed E-state index contributed by atoms with van der Waals surface area (Å²) in [5, 5.41) is 6.36. The van der Waals surface area contributed by atoms with Gasteiger partial charge in [-0.25, -0.2) is 0 Å². The Labute approximate surface area is 116 Å². The molecule has 0 bridgehead atoms. The second-order valence-corrected chi connectivity index (χ2v) is 5.63. The number of hydrogen-bond acceptors (Lipinski definition) is 4. The fraction of sp³-hybridized carbons (Fsp3) is 0.929. The van der Waals surface area contributed by atoms with Gasteiger partial charge in [-0.3, -0.25) is 4.79 Å². The van der Waals surface area contributed by atoms with Crippen LogP contribution in [0.2, 0.25) is 0 Å². The molecule has 2 heterocycles. The summed E-state index contributed by atoms with van der Waals surface area (Å²) in [6.07, 6.45) is 3.14. The number of carbonyl (C=O) groups excluding carboxylic acids is 1. The van der Waals surface area contributed by atoms with E-state index in [1.54, 1.807) is 0 Å². The van der Waals surface area contributed by atoms with Crippen LogP contribution in [-0.4, -0.2) is 62.8 Å². The fourth-order valence-corrected chi connectivity index (χ4v) is 2.88. The first-order valence-corrected chi connectivity index (χ1v) is 7.58. The summed E-state index contributed by atoms with van der Waals surface area (Å²) < 4.78 is 5.28.